The summed E-state index contributed by atoms with van der Waals surface area (Å²) in [6.07, 6.45) is 0.600. The predicted molar refractivity (Wildman–Crippen MR) is 103 cm³/mol. The molecule has 0 unspecified atom stereocenters. The van der Waals surface area contributed by atoms with E-state index in [4.69, 9.17) is 9.15 Å². The Morgan fingerprint density at radius 2 is 2.04 bits per heavy atom. The van der Waals surface area contributed by atoms with Crippen LogP contribution in [0.1, 0.15) is 27.3 Å². The standard InChI is InChI=1S/C20H21NO4S/c1-12-4-6-15(26-12)11-21-19(22)9-8-17-13(2)16-7-5-14(24-3)10-18(16)25-20(17)23/h4-7,10H,8-9,11H2,1-3H3,(H,21,22). The summed E-state index contributed by atoms with van der Waals surface area (Å²) in [4.78, 5) is 26.8. The Morgan fingerprint density at radius 3 is 2.73 bits per heavy atom. The van der Waals surface area contributed by atoms with Gasteiger partial charge in [-0.05, 0) is 50.1 Å². The average molecular weight is 371 g/mol. The van der Waals surface area contributed by atoms with Crippen LogP contribution in [0.5, 0.6) is 5.75 Å². The first-order chi connectivity index (χ1) is 12.5. The molecule has 3 aromatic rings. The fraction of sp³-hybridized carbons (Fsp3) is 0.300. The van der Waals surface area contributed by atoms with Gasteiger partial charge in [0.25, 0.3) is 0 Å². The van der Waals surface area contributed by atoms with Crippen LogP contribution < -0.4 is 15.7 Å². The molecule has 2 aromatic heterocycles. The largest absolute Gasteiger partial charge is 0.497 e. The minimum atomic E-state index is -0.398. The number of aryl methyl sites for hydroxylation is 2. The third kappa shape index (κ3) is 3.96. The molecule has 3 rings (SSSR count). The molecule has 0 atom stereocenters. The number of carbonyl (C=O) groups is 1. The molecule has 0 aliphatic heterocycles. The summed E-state index contributed by atoms with van der Waals surface area (Å²) >= 11 is 1.66. The molecule has 0 saturated carbocycles. The fourth-order valence-electron chi connectivity index (χ4n) is 2.88. The monoisotopic (exact) mass is 371 g/mol. The second-order valence-electron chi connectivity index (χ2n) is 6.14. The Labute approximate surface area is 155 Å². The van der Waals surface area contributed by atoms with Gasteiger partial charge in [-0.2, -0.15) is 0 Å². The van der Waals surface area contributed by atoms with E-state index in [0.717, 1.165) is 15.8 Å². The lowest BCUT2D eigenvalue weighted by Crippen LogP contribution is -2.23. The van der Waals surface area contributed by atoms with E-state index in [1.54, 1.807) is 24.5 Å². The van der Waals surface area contributed by atoms with E-state index < -0.39 is 5.63 Å². The van der Waals surface area contributed by atoms with Gasteiger partial charge >= 0.3 is 5.63 Å². The van der Waals surface area contributed by atoms with Crippen molar-refractivity contribution in [3.8, 4) is 5.75 Å². The smallest absolute Gasteiger partial charge is 0.339 e. The van der Waals surface area contributed by atoms with Crippen molar-refractivity contribution in [2.24, 2.45) is 0 Å². The van der Waals surface area contributed by atoms with E-state index in [1.165, 1.54) is 4.88 Å². The van der Waals surface area contributed by atoms with Gasteiger partial charge in [-0.1, -0.05) is 0 Å². The molecule has 0 saturated heterocycles. The number of methoxy groups -OCH3 is 1. The zero-order valence-corrected chi connectivity index (χ0v) is 15.9. The maximum Gasteiger partial charge on any atom is 0.339 e. The summed E-state index contributed by atoms with van der Waals surface area (Å²) in [6, 6.07) is 9.44. The predicted octanol–water partition coefficient (Wildman–Crippen LogP) is 3.73. The number of thiophene rings is 1. The fourth-order valence-corrected chi connectivity index (χ4v) is 3.71. The molecule has 1 amide bonds. The van der Waals surface area contributed by atoms with Crippen LogP contribution in [0.2, 0.25) is 0 Å². The molecule has 0 aliphatic carbocycles. The van der Waals surface area contributed by atoms with Crippen molar-refractivity contribution in [1.82, 2.24) is 5.32 Å². The van der Waals surface area contributed by atoms with E-state index in [-0.39, 0.29) is 12.3 Å². The van der Waals surface area contributed by atoms with E-state index >= 15 is 0 Å². The molecule has 0 radical (unpaired) electrons. The van der Waals surface area contributed by atoms with Gasteiger partial charge in [0.1, 0.15) is 11.3 Å². The van der Waals surface area contributed by atoms with Crippen molar-refractivity contribution in [3.63, 3.8) is 0 Å². The Balaban J connectivity index is 1.70. The Bertz CT molecular complexity index is 1000. The van der Waals surface area contributed by atoms with Gasteiger partial charge < -0.3 is 14.5 Å². The van der Waals surface area contributed by atoms with Crippen molar-refractivity contribution < 1.29 is 13.9 Å². The summed E-state index contributed by atoms with van der Waals surface area (Å²) in [7, 11) is 1.57. The van der Waals surface area contributed by atoms with Gasteiger partial charge in [-0.15, -0.1) is 11.3 Å². The van der Waals surface area contributed by atoms with Gasteiger partial charge in [0.05, 0.1) is 13.7 Å². The van der Waals surface area contributed by atoms with E-state index in [2.05, 4.69) is 5.32 Å². The Kier molecular flexibility index (Phi) is 5.42. The molecule has 1 aromatic carbocycles. The minimum absolute atomic E-state index is 0.0790. The van der Waals surface area contributed by atoms with Crippen molar-refractivity contribution in [2.75, 3.05) is 7.11 Å². The lowest BCUT2D eigenvalue weighted by molar-refractivity contribution is -0.121. The highest BCUT2D eigenvalue weighted by molar-refractivity contribution is 7.11. The lowest BCUT2D eigenvalue weighted by Gasteiger charge is -2.09. The van der Waals surface area contributed by atoms with Crippen LogP contribution in [0.3, 0.4) is 0 Å². The van der Waals surface area contributed by atoms with Crippen LogP contribution in [-0.4, -0.2) is 13.0 Å². The Morgan fingerprint density at radius 1 is 1.23 bits per heavy atom. The van der Waals surface area contributed by atoms with Crippen LogP contribution in [0.25, 0.3) is 11.0 Å². The molecule has 2 heterocycles. The number of rotatable bonds is 6. The van der Waals surface area contributed by atoms with Crippen molar-refractivity contribution in [1.29, 1.82) is 0 Å². The molecule has 6 heteroatoms. The zero-order valence-electron chi connectivity index (χ0n) is 15.0. The topological polar surface area (TPSA) is 68.5 Å². The number of carbonyl (C=O) groups excluding carboxylic acids is 1. The van der Waals surface area contributed by atoms with Crippen molar-refractivity contribution in [2.45, 2.75) is 33.2 Å². The highest BCUT2D eigenvalue weighted by Crippen LogP contribution is 2.24. The maximum absolute atomic E-state index is 12.3. The van der Waals surface area contributed by atoms with Gasteiger partial charge in [-0.3, -0.25) is 4.79 Å². The van der Waals surface area contributed by atoms with Gasteiger partial charge in [0.15, 0.2) is 0 Å². The zero-order chi connectivity index (χ0) is 18.7. The maximum atomic E-state index is 12.3. The molecule has 0 fully saturated rings. The summed E-state index contributed by atoms with van der Waals surface area (Å²) in [5, 5.41) is 3.75. The second-order valence-corrected chi connectivity index (χ2v) is 7.52. The molecular formula is C20H21NO4S. The summed E-state index contributed by atoms with van der Waals surface area (Å²) in [5.74, 6) is 0.556. The third-order valence-corrected chi connectivity index (χ3v) is 5.35. The molecule has 5 nitrogen and oxygen atoms in total. The second kappa shape index (κ2) is 7.74. The SMILES string of the molecule is COc1ccc2c(C)c(CCC(=O)NCc3ccc(C)s3)c(=O)oc2c1. The highest BCUT2D eigenvalue weighted by Gasteiger charge is 2.13. The molecule has 0 aliphatic rings. The number of nitrogens with one attached hydrogen (secondary N) is 1. The number of ether oxygens (including phenoxy) is 1. The molecule has 1 N–H and O–H groups in total. The first kappa shape index (κ1) is 18.2. The highest BCUT2D eigenvalue weighted by atomic mass is 32.1. The number of hydrogen-bond acceptors (Lipinski definition) is 5. The van der Waals surface area contributed by atoms with E-state index in [0.29, 0.717) is 29.9 Å². The van der Waals surface area contributed by atoms with Crippen molar-refractivity contribution >= 4 is 28.2 Å². The van der Waals surface area contributed by atoms with Crippen molar-refractivity contribution in [3.05, 3.63) is 61.6 Å². The average Bonchev–Trinajstić information content (AvgIpc) is 3.04. The van der Waals surface area contributed by atoms with Crippen LogP contribution in [0, 0.1) is 13.8 Å². The molecule has 136 valence electrons. The van der Waals surface area contributed by atoms with Crippen LogP contribution in [0.4, 0.5) is 0 Å². The summed E-state index contributed by atoms with van der Waals surface area (Å²) in [6.45, 7) is 4.43. The van der Waals surface area contributed by atoms with Gasteiger partial charge in [0, 0.05) is 33.2 Å². The van der Waals surface area contributed by atoms with Crippen LogP contribution >= 0.6 is 11.3 Å². The molecule has 0 spiro atoms. The first-order valence-corrected chi connectivity index (χ1v) is 9.22. The van der Waals surface area contributed by atoms with E-state index in [9.17, 15) is 9.59 Å². The minimum Gasteiger partial charge on any atom is -0.497 e. The van der Waals surface area contributed by atoms with Crippen LogP contribution in [0.15, 0.2) is 39.5 Å². The molecule has 0 bridgehead atoms. The number of amides is 1. The Hall–Kier alpha value is -2.60. The summed E-state index contributed by atoms with van der Waals surface area (Å²) < 4.78 is 10.6. The third-order valence-electron chi connectivity index (χ3n) is 4.35. The quantitative estimate of drug-likeness (QED) is 0.671. The van der Waals surface area contributed by atoms with Crippen LogP contribution in [-0.2, 0) is 17.8 Å². The number of benzene rings is 1. The van der Waals surface area contributed by atoms with E-state index in [1.807, 2.05) is 38.1 Å². The summed E-state index contributed by atoms with van der Waals surface area (Å²) in [5.41, 5.74) is 1.49. The first-order valence-electron chi connectivity index (χ1n) is 8.40. The van der Waals surface area contributed by atoms with Gasteiger partial charge in [0.2, 0.25) is 5.91 Å². The number of fused-ring (bicyclic) bond motifs is 1. The van der Waals surface area contributed by atoms with Gasteiger partial charge in [-0.25, -0.2) is 4.79 Å². The molecule has 26 heavy (non-hydrogen) atoms. The number of hydrogen-bond donors (Lipinski definition) is 1. The normalized spacial score (nSPS) is 10.9. The molecular weight excluding hydrogens is 350 g/mol. The lowest BCUT2D eigenvalue weighted by atomic mass is 10.0.